The zero-order valence-electron chi connectivity index (χ0n) is 13.3. The van der Waals surface area contributed by atoms with E-state index >= 15 is 0 Å². The Morgan fingerprint density at radius 1 is 1.38 bits per heavy atom. The molecular formula is C18H16ClFN2O2. The van der Waals surface area contributed by atoms with Crippen molar-refractivity contribution in [3.63, 3.8) is 0 Å². The molecule has 2 aromatic carbocycles. The van der Waals surface area contributed by atoms with Gasteiger partial charge < -0.3 is 9.72 Å². The molecular weight excluding hydrogens is 331 g/mol. The number of imidazole rings is 1. The number of Topliss-reactive ketones (excluding diaryl/α,β-unsaturated/α-hetero) is 1. The Labute approximate surface area is 143 Å². The summed E-state index contributed by atoms with van der Waals surface area (Å²) in [5.41, 5.74) is 3.19. The van der Waals surface area contributed by atoms with E-state index in [0.29, 0.717) is 21.7 Å². The fourth-order valence-electron chi connectivity index (χ4n) is 2.76. The molecule has 0 radical (unpaired) electrons. The average Bonchev–Trinajstić information content (AvgIpc) is 3.01. The van der Waals surface area contributed by atoms with Crippen molar-refractivity contribution in [3.05, 3.63) is 63.7 Å². The van der Waals surface area contributed by atoms with Crippen molar-refractivity contribution in [2.24, 2.45) is 0 Å². The number of aryl methyl sites for hydroxylation is 1. The molecule has 0 saturated heterocycles. The number of ether oxygens (including phenoxy) is 1. The molecule has 1 heterocycles. The van der Waals surface area contributed by atoms with Gasteiger partial charge in [-0.15, -0.1) is 0 Å². The monoisotopic (exact) mass is 346 g/mol. The Morgan fingerprint density at radius 2 is 2.17 bits per heavy atom. The lowest BCUT2D eigenvalue weighted by atomic mass is 9.94. The molecule has 0 bridgehead atoms. The van der Waals surface area contributed by atoms with E-state index in [-0.39, 0.29) is 24.3 Å². The second-order valence-electron chi connectivity index (χ2n) is 5.62. The number of rotatable bonds is 5. The minimum atomic E-state index is -0.484. The summed E-state index contributed by atoms with van der Waals surface area (Å²) >= 11 is 5.98. The number of fused-ring (bicyclic) bond motifs is 1. The third-order valence-corrected chi connectivity index (χ3v) is 4.24. The third-order valence-electron chi connectivity index (χ3n) is 4.00. The second kappa shape index (κ2) is 6.71. The molecule has 3 rings (SSSR count). The van der Waals surface area contributed by atoms with Crippen molar-refractivity contribution < 1.29 is 13.9 Å². The van der Waals surface area contributed by atoms with Crippen LogP contribution < -0.4 is 0 Å². The molecule has 0 atom stereocenters. The van der Waals surface area contributed by atoms with Crippen LogP contribution in [0.4, 0.5) is 4.39 Å². The molecule has 1 N–H and O–H groups in total. The third kappa shape index (κ3) is 3.05. The molecule has 0 amide bonds. The molecule has 0 aliphatic heterocycles. The van der Waals surface area contributed by atoms with Crippen molar-refractivity contribution in [3.8, 4) is 0 Å². The van der Waals surface area contributed by atoms with Crippen LogP contribution in [0.15, 0.2) is 30.6 Å². The molecule has 124 valence electrons. The summed E-state index contributed by atoms with van der Waals surface area (Å²) in [6.45, 7) is 1.80. The van der Waals surface area contributed by atoms with Gasteiger partial charge in [0.05, 0.1) is 11.8 Å². The minimum Gasteiger partial charge on any atom is -0.377 e. The van der Waals surface area contributed by atoms with Crippen LogP contribution in [-0.4, -0.2) is 29.5 Å². The first-order valence-corrected chi connectivity index (χ1v) is 7.80. The van der Waals surface area contributed by atoms with E-state index in [1.54, 1.807) is 12.1 Å². The SMILES string of the molecule is COCC(=O)c1cc2[nH]cnc2c(F)c1Cc1ccc(Cl)cc1C. The largest absolute Gasteiger partial charge is 0.377 e. The van der Waals surface area contributed by atoms with E-state index in [1.807, 2.05) is 19.1 Å². The maximum atomic E-state index is 15.0. The summed E-state index contributed by atoms with van der Waals surface area (Å²) in [6.07, 6.45) is 1.69. The number of aromatic nitrogens is 2. The number of hydrogen-bond acceptors (Lipinski definition) is 3. The van der Waals surface area contributed by atoms with Crippen LogP contribution in [0, 0.1) is 12.7 Å². The Hall–Kier alpha value is -2.24. The molecule has 4 nitrogen and oxygen atoms in total. The highest BCUT2D eigenvalue weighted by Gasteiger charge is 2.20. The summed E-state index contributed by atoms with van der Waals surface area (Å²) in [4.78, 5) is 19.2. The summed E-state index contributed by atoms with van der Waals surface area (Å²) in [5.74, 6) is -0.753. The molecule has 0 fully saturated rings. The van der Waals surface area contributed by atoms with E-state index in [2.05, 4.69) is 9.97 Å². The lowest BCUT2D eigenvalue weighted by Crippen LogP contribution is -2.12. The van der Waals surface area contributed by atoms with Crippen molar-refractivity contribution in [1.82, 2.24) is 9.97 Å². The predicted octanol–water partition coefficient (Wildman–Crippen LogP) is 4.08. The zero-order chi connectivity index (χ0) is 17.3. The number of nitrogens with one attached hydrogen (secondary N) is 1. The van der Waals surface area contributed by atoms with Gasteiger partial charge in [0.15, 0.2) is 11.6 Å². The highest BCUT2D eigenvalue weighted by atomic mass is 35.5. The van der Waals surface area contributed by atoms with E-state index in [1.165, 1.54) is 13.4 Å². The fourth-order valence-corrected chi connectivity index (χ4v) is 2.99. The molecule has 0 unspecified atom stereocenters. The van der Waals surface area contributed by atoms with Gasteiger partial charge in [-0.25, -0.2) is 9.37 Å². The number of methoxy groups -OCH3 is 1. The highest BCUT2D eigenvalue weighted by Crippen LogP contribution is 2.27. The number of carbonyl (C=O) groups is 1. The van der Waals surface area contributed by atoms with Gasteiger partial charge in [0.1, 0.15) is 12.1 Å². The number of hydrogen-bond donors (Lipinski definition) is 1. The summed E-state index contributed by atoms with van der Waals surface area (Å²) in [7, 11) is 1.44. The number of aromatic amines is 1. The standard InChI is InChI=1S/C18H16ClFN2O2/c1-10-5-12(19)4-3-11(10)6-14-13(16(23)8-24-2)7-15-18(17(14)20)22-9-21-15/h3-5,7,9H,6,8H2,1-2H3,(H,21,22). The fraction of sp³-hybridized carbons (Fsp3) is 0.222. The van der Waals surface area contributed by atoms with Gasteiger partial charge in [0.2, 0.25) is 0 Å². The second-order valence-corrected chi connectivity index (χ2v) is 6.06. The Morgan fingerprint density at radius 3 is 2.88 bits per heavy atom. The van der Waals surface area contributed by atoms with Gasteiger partial charge in [-0.2, -0.15) is 0 Å². The molecule has 24 heavy (non-hydrogen) atoms. The van der Waals surface area contributed by atoms with Crippen LogP contribution >= 0.6 is 11.6 Å². The number of carbonyl (C=O) groups excluding carboxylic acids is 1. The zero-order valence-corrected chi connectivity index (χ0v) is 14.1. The quantitative estimate of drug-likeness (QED) is 0.708. The average molecular weight is 347 g/mol. The van der Waals surface area contributed by atoms with Crippen molar-refractivity contribution in [2.75, 3.05) is 13.7 Å². The topological polar surface area (TPSA) is 55.0 Å². The van der Waals surface area contributed by atoms with Crippen LogP contribution in [0.5, 0.6) is 0 Å². The number of halogens is 2. The van der Waals surface area contributed by atoms with E-state index in [4.69, 9.17) is 16.3 Å². The molecule has 6 heteroatoms. The number of H-pyrrole nitrogens is 1. The number of nitrogens with zero attached hydrogens (tertiary/aromatic N) is 1. The first kappa shape index (κ1) is 16.6. The Kier molecular flexibility index (Phi) is 4.64. The van der Waals surface area contributed by atoms with E-state index in [9.17, 15) is 9.18 Å². The van der Waals surface area contributed by atoms with Gasteiger partial charge in [-0.3, -0.25) is 4.79 Å². The number of ketones is 1. The van der Waals surface area contributed by atoms with Gasteiger partial charge in [-0.05, 0) is 36.2 Å². The van der Waals surface area contributed by atoms with Crippen LogP contribution in [0.2, 0.25) is 5.02 Å². The van der Waals surface area contributed by atoms with Crippen molar-refractivity contribution in [2.45, 2.75) is 13.3 Å². The van der Waals surface area contributed by atoms with Crippen molar-refractivity contribution >= 4 is 28.4 Å². The molecule has 0 saturated carbocycles. The molecule has 0 aliphatic carbocycles. The maximum absolute atomic E-state index is 15.0. The van der Waals surface area contributed by atoms with Crippen LogP contribution in [-0.2, 0) is 11.2 Å². The summed E-state index contributed by atoms with van der Waals surface area (Å²) in [5, 5.41) is 0.621. The van der Waals surface area contributed by atoms with Crippen LogP contribution in [0.1, 0.15) is 27.0 Å². The normalized spacial score (nSPS) is 11.2. The smallest absolute Gasteiger partial charge is 0.188 e. The molecule has 0 aliphatic rings. The van der Waals surface area contributed by atoms with Crippen molar-refractivity contribution in [1.29, 1.82) is 0 Å². The number of benzene rings is 2. The Balaban J connectivity index is 2.15. The highest BCUT2D eigenvalue weighted by molar-refractivity contribution is 6.30. The first-order valence-electron chi connectivity index (χ1n) is 7.43. The Bertz CT molecular complexity index is 921. The first-order chi connectivity index (χ1) is 11.5. The van der Waals surface area contributed by atoms with Gasteiger partial charge >= 0.3 is 0 Å². The van der Waals surface area contributed by atoms with Crippen LogP contribution in [0.25, 0.3) is 11.0 Å². The molecule has 1 aromatic heterocycles. The van der Waals surface area contributed by atoms with Gasteiger partial charge in [0, 0.05) is 29.7 Å². The summed E-state index contributed by atoms with van der Waals surface area (Å²) < 4.78 is 19.9. The summed E-state index contributed by atoms with van der Waals surface area (Å²) in [6, 6.07) is 7.05. The van der Waals surface area contributed by atoms with Crippen LogP contribution in [0.3, 0.4) is 0 Å². The minimum absolute atomic E-state index is 0.105. The predicted molar refractivity (Wildman–Crippen MR) is 91.3 cm³/mol. The lowest BCUT2D eigenvalue weighted by Gasteiger charge is -2.12. The van der Waals surface area contributed by atoms with E-state index < -0.39 is 5.82 Å². The molecule has 3 aromatic rings. The van der Waals surface area contributed by atoms with E-state index in [0.717, 1.165) is 11.1 Å². The van der Waals surface area contributed by atoms with Gasteiger partial charge in [0.25, 0.3) is 0 Å². The lowest BCUT2D eigenvalue weighted by molar-refractivity contribution is 0.0847. The van der Waals surface area contributed by atoms with Gasteiger partial charge in [-0.1, -0.05) is 17.7 Å². The molecule has 0 spiro atoms. The maximum Gasteiger partial charge on any atom is 0.188 e.